The van der Waals surface area contributed by atoms with Crippen LogP contribution in [0, 0.1) is 5.82 Å². The zero-order chi connectivity index (χ0) is 17.4. The van der Waals surface area contributed by atoms with Crippen LogP contribution in [0.15, 0.2) is 41.3 Å². The van der Waals surface area contributed by atoms with Gasteiger partial charge in [-0.25, -0.2) is 4.39 Å². The highest BCUT2D eigenvalue weighted by Crippen LogP contribution is 2.24. The van der Waals surface area contributed by atoms with Crippen molar-refractivity contribution in [2.45, 2.75) is 4.34 Å². The standard InChI is InChI=1S/C14H14FN5O2S2/c1-2-7-16-13-19-20-14(24-13)23-8-11(21)17-18-12(22)9-3-5-10(15)6-4-9/h2-6H,1,7-8H2,(H,16,19)(H,17,21)(H,18,22). The number of carbonyl (C=O) groups excluding carboxylic acids is 2. The number of rotatable bonds is 7. The summed E-state index contributed by atoms with van der Waals surface area (Å²) in [6.07, 6.45) is 1.70. The lowest BCUT2D eigenvalue weighted by atomic mass is 10.2. The van der Waals surface area contributed by atoms with Crippen molar-refractivity contribution >= 4 is 40.0 Å². The molecule has 0 aliphatic carbocycles. The fraction of sp³-hybridized carbons (Fsp3) is 0.143. The maximum atomic E-state index is 12.8. The molecule has 0 saturated carbocycles. The molecule has 1 heterocycles. The summed E-state index contributed by atoms with van der Waals surface area (Å²) in [6, 6.07) is 4.98. The Kier molecular flexibility index (Phi) is 6.70. The number of benzene rings is 1. The Labute approximate surface area is 145 Å². The highest BCUT2D eigenvalue weighted by molar-refractivity contribution is 8.01. The summed E-state index contributed by atoms with van der Waals surface area (Å²) in [5.74, 6) is -1.29. The molecule has 2 rings (SSSR count). The molecule has 1 aromatic heterocycles. The fourth-order valence-electron chi connectivity index (χ4n) is 1.46. The van der Waals surface area contributed by atoms with Crippen molar-refractivity contribution < 1.29 is 14.0 Å². The van der Waals surface area contributed by atoms with Crippen molar-refractivity contribution in [2.75, 3.05) is 17.6 Å². The monoisotopic (exact) mass is 367 g/mol. The lowest BCUT2D eigenvalue weighted by molar-refractivity contribution is -0.119. The summed E-state index contributed by atoms with van der Waals surface area (Å²) in [6.45, 7) is 4.16. The molecule has 24 heavy (non-hydrogen) atoms. The lowest BCUT2D eigenvalue weighted by Gasteiger charge is -2.06. The van der Waals surface area contributed by atoms with Crippen LogP contribution in [0.2, 0.25) is 0 Å². The highest BCUT2D eigenvalue weighted by Gasteiger charge is 2.10. The van der Waals surface area contributed by atoms with Gasteiger partial charge in [0, 0.05) is 12.1 Å². The number of aromatic nitrogens is 2. The van der Waals surface area contributed by atoms with Gasteiger partial charge in [-0.2, -0.15) is 0 Å². The van der Waals surface area contributed by atoms with Crippen LogP contribution >= 0.6 is 23.1 Å². The third kappa shape index (κ3) is 5.63. The average Bonchev–Trinajstić information content (AvgIpc) is 3.04. The number of hydrazine groups is 1. The molecule has 126 valence electrons. The second-order valence-electron chi connectivity index (χ2n) is 4.34. The fourth-order valence-corrected chi connectivity index (χ4v) is 3.02. The van der Waals surface area contributed by atoms with E-state index in [9.17, 15) is 14.0 Å². The molecule has 7 nitrogen and oxygen atoms in total. The SMILES string of the molecule is C=CCNc1nnc(SCC(=O)NNC(=O)c2ccc(F)cc2)s1. The average molecular weight is 367 g/mol. The van der Waals surface area contributed by atoms with E-state index in [1.165, 1.54) is 47.4 Å². The van der Waals surface area contributed by atoms with Crippen molar-refractivity contribution in [3.8, 4) is 0 Å². The van der Waals surface area contributed by atoms with E-state index in [2.05, 4.69) is 32.9 Å². The summed E-state index contributed by atoms with van der Waals surface area (Å²) in [5, 5.41) is 11.5. The number of thioether (sulfide) groups is 1. The van der Waals surface area contributed by atoms with E-state index in [1.54, 1.807) is 6.08 Å². The smallest absolute Gasteiger partial charge is 0.269 e. The number of nitrogens with zero attached hydrogens (tertiary/aromatic N) is 2. The van der Waals surface area contributed by atoms with Crippen LogP contribution in [-0.4, -0.2) is 34.3 Å². The van der Waals surface area contributed by atoms with E-state index >= 15 is 0 Å². The lowest BCUT2D eigenvalue weighted by Crippen LogP contribution is -2.42. The molecule has 0 unspecified atom stereocenters. The number of carbonyl (C=O) groups is 2. The third-order valence-electron chi connectivity index (χ3n) is 2.55. The van der Waals surface area contributed by atoms with Gasteiger partial charge in [0.2, 0.25) is 11.0 Å². The van der Waals surface area contributed by atoms with Crippen LogP contribution in [0.5, 0.6) is 0 Å². The molecule has 0 aliphatic rings. The van der Waals surface area contributed by atoms with Crippen LogP contribution in [0.4, 0.5) is 9.52 Å². The van der Waals surface area contributed by atoms with E-state index in [1.807, 2.05) is 0 Å². The molecule has 3 N–H and O–H groups in total. The van der Waals surface area contributed by atoms with Gasteiger partial charge in [0.25, 0.3) is 5.91 Å². The predicted molar refractivity (Wildman–Crippen MR) is 91.3 cm³/mol. The number of hydrogen-bond donors (Lipinski definition) is 3. The van der Waals surface area contributed by atoms with Gasteiger partial charge < -0.3 is 5.32 Å². The van der Waals surface area contributed by atoms with Crippen molar-refractivity contribution in [3.63, 3.8) is 0 Å². The zero-order valence-corrected chi connectivity index (χ0v) is 14.0. The van der Waals surface area contributed by atoms with E-state index in [-0.39, 0.29) is 11.3 Å². The Morgan fingerprint density at radius 3 is 2.71 bits per heavy atom. The van der Waals surface area contributed by atoms with E-state index in [0.717, 1.165) is 0 Å². The van der Waals surface area contributed by atoms with Crippen molar-refractivity contribution in [2.24, 2.45) is 0 Å². The predicted octanol–water partition coefficient (Wildman–Crippen LogP) is 1.83. The minimum Gasteiger partial charge on any atom is -0.357 e. The summed E-state index contributed by atoms with van der Waals surface area (Å²) in [5.41, 5.74) is 4.78. The van der Waals surface area contributed by atoms with Gasteiger partial charge in [0.1, 0.15) is 5.82 Å². The molecular weight excluding hydrogens is 353 g/mol. The van der Waals surface area contributed by atoms with E-state index in [0.29, 0.717) is 16.0 Å². The van der Waals surface area contributed by atoms with Crippen molar-refractivity contribution in [3.05, 3.63) is 48.3 Å². The summed E-state index contributed by atoms with van der Waals surface area (Å²) >= 11 is 2.51. The molecule has 0 aliphatic heterocycles. The second-order valence-corrected chi connectivity index (χ2v) is 6.54. The van der Waals surface area contributed by atoms with Gasteiger partial charge >= 0.3 is 0 Å². The quantitative estimate of drug-likeness (QED) is 0.393. The van der Waals surface area contributed by atoms with Gasteiger partial charge in [-0.1, -0.05) is 29.2 Å². The van der Waals surface area contributed by atoms with E-state index in [4.69, 9.17) is 0 Å². The number of hydrogen-bond acceptors (Lipinski definition) is 7. The van der Waals surface area contributed by atoms with Crippen LogP contribution in [-0.2, 0) is 4.79 Å². The first-order valence-corrected chi connectivity index (χ1v) is 8.54. The Balaban J connectivity index is 1.73. The molecule has 0 bridgehead atoms. The van der Waals surface area contributed by atoms with Crippen molar-refractivity contribution in [1.29, 1.82) is 0 Å². The van der Waals surface area contributed by atoms with E-state index < -0.39 is 17.6 Å². The van der Waals surface area contributed by atoms with Crippen LogP contribution < -0.4 is 16.2 Å². The first kappa shape index (κ1) is 17.9. The first-order valence-electron chi connectivity index (χ1n) is 6.74. The Morgan fingerprint density at radius 2 is 2.00 bits per heavy atom. The molecule has 0 spiro atoms. The Morgan fingerprint density at radius 1 is 1.25 bits per heavy atom. The zero-order valence-electron chi connectivity index (χ0n) is 12.4. The number of amides is 2. The van der Waals surface area contributed by atoms with Crippen LogP contribution in [0.1, 0.15) is 10.4 Å². The molecule has 2 aromatic rings. The van der Waals surface area contributed by atoms with Gasteiger partial charge in [-0.3, -0.25) is 20.4 Å². The van der Waals surface area contributed by atoms with Gasteiger partial charge in [-0.05, 0) is 24.3 Å². The minimum absolute atomic E-state index is 0.0692. The normalized spacial score (nSPS) is 10.0. The molecule has 0 fully saturated rings. The maximum Gasteiger partial charge on any atom is 0.269 e. The Hall–Kier alpha value is -2.46. The summed E-state index contributed by atoms with van der Waals surface area (Å²) < 4.78 is 13.4. The number of halogens is 1. The molecular formula is C14H14FN5O2S2. The molecule has 0 saturated heterocycles. The topological polar surface area (TPSA) is 96.0 Å². The largest absolute Gasteiger partial charge is 0.357 e. The maximum absolute atomic E-state index is 12.8. The van der Waals surface area contributed by atoms with Gasteiger partial charge in [0.05, 0.1) is 5.75 Å². The van der Waals surface area contributed by atoms with Crippen LogP contribution in [0.25, 0.3) is 0 Å². The molecule has 0 atom stereocenters. The third-order valence-corrected chi connectivity index (χ3v) is 4.57. The second kappa shape index (κ2) is 8.99. The minimum atomic E-state index is -0.528. The van der Waals surface area contributed by atoms with Gasteiger partial charge in [-0.15, -0.1) is 16.8 Å². The summed E-state index contributed by atoms with van der Waals surface area (Å²) in [4.78, 5) is 23.5. The molecule has 2 amide bonds. The van der Waals surface area contributed by atoms with Crippen molar-refractivity contribution in [1.82, 2.24) is 21.0 Å². The molecule has 1 aromatic carbocycles. The Bertz CT molecular complexity index is 720. The molecule has 10 heteroatoms. The number of nitrogens with one attached hydrogen (secondary N) is 3. The summed E-state index contributed by atoms with van der Waals surface area (Å²) in [7, 11) is 0. The number of anilines is 1. The first-order chi connectivity index (χ1) is 11.6. The highest BCUT2D eigenvalue weighted by atomic mass is 32.2. The van der Waals surface area contributed by atoms with Gasteiger partial charge in [0.15, 0.2) is 4.34 Å². The molecule has 0 radical (unpaired) electrons. The van der Waals surface area contributed by atoms with Crippen LogP contribution in [0.3, 0.4) is 0 Å².